The summed E-state index contributed by atoms with van der Waals surface area (Å²) in [5.41, 5.74) is 7.37. The van der Waals surface area contributed by atoms with Crippen LogP contribution in [-0.2, 0) is 4.79 Å². The Balaban J connectivity index is 2.13. The number of hydrogen-bond donors (Lipinski definition) is 2. The Morgan fingerprint density at radius 1 is 1.41 bits per heavy atom. The maximum Gasteiger partial charge on any atom is 0.244 e. The summed E-state index contributed by atoms with van der Waals surface area (Å²) in [5.74, 6) is -0.0699. The van der Waals surface area contributed by atoms with Crippen LogP contribution in [0.4, 0.5) is 5.69 Å². The van der Waals surface area contributed by atoms with Gasteiger partial charge in [-0.25, -0.2) is 0 Å². The van der Waals surface area contributed by atoms with Gasteiger partial charge in [0.15, 0.2) is 0 Å². The molecule has 1 fully saturated rings. The van der Waals surface area contributed by atoms with E-state index in [0.717, 1.165) is 41.4 Å². The fraction of sp³-hybridized carbons (Fsp3) is 0.462. The standard InChI is InChI=1S/C13H17BrN2O/c1-9-4-5-11(10(14)8-9)16-12(17)13(15)6-2-3-7-13/h4-5,8H,2-3,6-7,15H2,1H3,(H,16,17). The summed E-state index contributed by atoms with van der Waals surface area (Å²) in [4.78, 5) is 12.1. The first-order valence-electron chi connectivity index (χ1n) is 5.88. The number of anilines is 1. The van der Waals surface area contributed by atoms with Crippen LogP contribution < -0.4 is 11.1 Å². The Morgan fingerprint density at radius 2 is 2.06 bits per heavy atom. The number of carbonyl (C=O) groups excluding carboxylic acids is 1. The minimum atomic E-state index is -0.676. The molecule has 0 atom stereocenters. The first kappa shape index (κ1) is 12.6. The molecule has 1 aromatic rings. The van der Waals surface area contributed by atoms with Crippen LogP contribution >= 0.6 is 15.9 Å². The van der Waals surface area contributed by atoms with Crippen molar-refractivity contribution in [1.82, 2.24) is 0 Å². The van der Waals surface area contributed by atoms with Gasteiger partial charge in [0.05, 0.1) is 11.2 Å². The average molecular weight is 297 g/mol. The molecule has 0 aromatic heterocycles. The quantitative estimate of drug-likeness (QED) is 0.881. The highest BCUT2D eigenvalue weighted by atomic mass is 79.9. The van der Waals surface area contributed by atoms with E-state index in [1.807, 2.05) is 25.1 Å². The lowest BCUT2D eigenvalue weighted by Gasteiger charge is -2.22. The van der Waals surface area contributed by atoms with Crippen LogP contribution in [0.2, 0.25) is 0 Å². The average Bonchev–Trinajstić information content (AvgIpc) is 2.71. The van der Waals surface area contributed by atoms with Crippen molar-refractivity contribution in [2.45, 2.75) is 38.1 Å². The van der Waals surface area contributed by atoms with Gasteiger partial charge in [0, 0.05) is 4.47 Å². The first-order chi connectivity index (χ1) is 8.01. The molecule has 4 heteroatoms. The van der Waals surface area contributed by atoms with Crippen LogP contribution in [0.15, 0.2) is 22.7 Å². The monoisotopic (exact) mass is 296 g/mol. The molecule has 3 nitrogen and oxygen atoms in total. The molecule has 1 aliphatic carbocycles. The van der Waals surface area contributed by atoms with Gasteiger partial charge in [-0.15, -0.1) is 0 Å². The van der Waals surface area contributed by atoms with Crippen molar-refractivity contribution in [2.24, 2.45) is 5.73 Å². The molecule has 1 aliphatic rings. The second kappa shape index (κ2) is 4.78. The van der Waals surface area contributed by atoms with Crippen molar-refractivity contribution in [3.63, 3.8) is 0 Å². The maximum atomic E-state index is 12.1. The number of carbonyl (C=O) groups is 1. The van der Waals surface area contributed by atoms with Gasteiger partial charge in [0.2, 0.25) is 5.91 Å². The molecule has 0 aliphatic heterocycles. The molecule has 0 heterocycles. The molecule has 0 radical (unpaired) electrons. The zero-order valence-corrected chi connectivity index (χ0v) is 11.5. The van der Waals surface area contributed by atoms with E-state index in [0.29, 0.717) is 0 Å². The predicted octanol–water partition coefficient (Wildman–Crippen LogP) is 2.97. The third kappa shape index (κ3) is 2.69. The molecule has 1 aromatic carbocycles. The highest BCUT2D eigenvalue weighted by Crippen LogP contribution is 2.30. The second-order valence-corrected chi connectivity index (χ2v) is 5.66. The van der Waals surface area contributed by atoms with Crippen LogP contribution in [0, 0.1) is 6.92 Å². The van der Waals surface area contributed by atoms with Crippen molar-refractivity contribution in [1.29, 1.82) is 0 Å². The number of nitrogens with one attached hydrogen (secondary N) is 1. The van der Waals surface area contributed by atoms with Crippen LogP contribution in [0.25, 0.3) is 0 Å². The number of aryl methyl sites for hydroxylation is 1. The number of halogens is 1. The number of benzene rings is 1. The van der Waals surface area contributed by atoms with Gasteiger partial charge in [-0.05, 0) is 53.4 Å². The minimum Gasteiger partial charge on any atom is -0.323 e. The number of hydrogen-bond acceptors (Lipinski definition) is 2. The Kier molecular flexibility index (Phi) is 3.54. The number of rotatable bonds is 2. The molecule has 0 saturated heterocycles. The normalized spacial score (nSPS) is 18.1. The Morgan fingerprint density at radius 3 is 2.65 bits per heavy atom. The molecule has 3 N–H and O–H groups in total. The summed E-state index contributed by atoms with van der Waals surface area (Å²) in [6.45, 7) is 2.01. The van der Waals surface area contributed by atoms with Gasteiger partial charge >= 0.3 is 0 Å². The summed E-state index contributed by atoms with van der Waals surface area (Å²) >= 11 is 3.45. The Hall–Kier alpha value is -0.870. The number of amides is 1. The van der Waals surface area contributed by atoms with Gasteiger partial charge in [-0.1, -0.05) is 18.9 Å². The fourth-order valence-electron chi connectivity index (χ4n) is 2.20. The highest BCUT2D eigenvalue weighted by molar-refractivity contribution is 9.10. The smallest absolute Gasteiger partial charge is 0.244 e. The topological polar surface area (TPSA) is 55.1 Å². The molecule has 92 valence electrons. The van der Waals surface area contributed by atoms with E-state index in [-0.39, 0.29) is 5.91 Å². The van der Waals surface area contributed by atoms with Crippen molar-refractivity contribution >= 4 is 27.5 Å². The molecule has 1 amide bonds. The zero-order chi connectivity index (χ0) is 12.5. The largest absolute Gasteiger partial charge is 0.323 e. The molecule has 2 rings (SSSR count). The van der Waals surface area contributed by atoms with Gasteiger partial charge in [-0.3, -0.25) is 4.79 Å². The second-order valence-electron chi connectivity index (χ2n) is 4.80. The van der Waals surface area contributed by atoms with Crippen LogP contribution in [0.3, 0.4) is 0 Å². The molecule has 0 spiro atoms. The van der Waals surface area contributed by atoms with E-state index in [9.17, 15) is 4.79 Å². The SMILES string of the molecule is Cc1ccc(NC(=O)C2(N)CCCC2)c(Br)c1. The van der Waals surface area contributed by atoms with Crippen molar-refractivity contribution in [3.05, 3.63) is 28.2 Å². The molecule has 1 saturated carbocycles. The molecular weight excluding hydrogens is 280 g/mol. The summed E-state index contributed by atoms with van der Waals surface area (Å²) in [6.07, 6.45) is 3.64. The predicted molar refractivity (Wildman–Crippen MR) is 72.9 cm³/mol. The fourth-order valence-corrected chi connectivity index (χ4v) is 2.79. The lowest BCUT2D eigenvalue weighted by atomic mass is 9.98. The molecule has 17 heavy (non-hydrogen) atoms. The van der Waals surface area contributed by atoms with Crippen molar-refractivity contribution < 1.29 is 4.79 Å². The van der Waals surface area contributed by atoms with E-state index in [1.165, 1.54) is 0 Å². The number of nitrogens with two attached hydrogens (primary N) is 1. The third-order valence-corrected chi connectivity index (χ3v) is 3.98. The minimum absolute atomic E-state index is 0.0699. The third-order valence-electron chi connectivity index (χ3n) is 3.32. The summed E-state index contributed by atoms with van der Waals surface area (Å²) in [6, 6.07) is 5.85. The lowest BCUT2D eigenvalue weighted by Crippen LogP contribution is -2.48. The molecule has 0 unspecified atom stereocenters. The van der Waals surface area contributed by atoms with Gasteiger partial charge in [-0.2, -0.15) is 0 Å². The summed E-state index contributed by atoms with van der Waals surface area (Å²) < 4.78 is 0.896. The van der Waals surface area contributed by atoms with Crippen molar-refractivity contribution in [2.75, 3.05) is 5.32 Å². The van der Waals surface area contributed by atoms with Gasteiger partial charge < -0.3 is 11.1 Å². The zero-order valence-electron chi connectivity index (χ0n) is 9.92. The van der Waals surface area contributed by atoms with E-state index in [1.54, 1.807) is 0 Å². The first-order valence-corrected chi connectivity index (χ1v) is 6.67. The van der Waals surface area contributed by atoms with E-state index in [4.69, 9.17) is 5.73 Å². The highest BCUT2D eigenvalue weighted by Gasteiger charge is 2.37. The Bertz CT molecular complexity index is 439. The van der Waals surface area contributed by atoms with Gasteiger partial charge in [0.25, 0.3) is 0 Å². The van der Waals surface area contributed by atoms with Crippen molar-refractivity contribution in [3.8, 4) is 0 Å². The van der Waals surface area contributed by atoms with E-state index >= 15 is 0 Å². The van der Waals surface area contributed by atoms with E-state index in [2.05, 4.69) is 21.2 Å². The lowest BCUT2D eigenvalue weighted by molar-refractivity contribution is -0.121. The van der Waals surface area contributed by atoms with Crippen LogP contribution in [0.1, 0.15) is 31.2 Å². The summed E-state index contributed by atoms with van der Waals surface area (Å²) in [7, 11) is 0. The van der Waals surface area contributed by atoms with Crippen LogP contribution in [0.5, 0.6) is 0 Å². The van der Waals surface area contributed by atoms with Gasteiger partial charge in [0.1, 0.15) is 0 Å². The maximum absolute atomic E-state index is 12.1. The Labute approximate surface area is 110 Å². The molecule has 0 bridgehead atoms. The molecular formula is C13H17BrN2O. The summed E-state index contributed by atoms with van der Waals surface area (Å²) in [5, 5.41) is 2.91. The van der Waals surface area contributed by atoms with Crippen LogP contribution in [-0.4, -0.2) is 11.4 Å². The van der Waals surface area contributed by atoms with E-state index < -0.39 is 5.54 Å².